The SMILES string of the molecule is CCOC(C)(CC)C(=O)c1cccc(OC2CC2)c1. The Kier molecular flexibility index (Phi) is 4.25. The van der Waals surface area contributed by atoms with E-state index in [1.165, 1.54) is 0 Å². The van der Waals surface area contributed by atoms with E-state index in [1.54, 1.807) is 0 Å². The maximum Gasteiger partial charge on any atom is 0.194 e. The second kappa shape index (κ2) is 5.74. The quantitative estimate of drug-likeness (QED) is 0.704. The molecule has 1 aromatic carbocycles. The molecule has 1 aliphatic rings. The summed E-state index contributed by atoms with van der Waals surface area (Å²) in [5.41, 5.74) is -0.0802. The minimum Gasteiger partial charge on any atom is -0.490 e. The molecule has 1 fully saturated rings. The third-order valence-corrected chi connectivity index (χ3v) is 3.54. The number of hydrogen-bond donors (Lipinski definition) is 0. The Balaban J connectivity index is 2.17. The molecule has 19 heavy (non-hydrogen) atoms. The first-order chi connectivity index (χ1) is 9.09. The zero-order valence-electron chi connectivity index (χ0n) is 11.9. The van der Waals surface area contributed by atoms with Gasteiger partial charge >= 0.3 is 0 Å². The summed E-state index contributed by atoms with van der Waals surface area (Å²) in [6, 6.07) is 7.43. The molecule has 0 bridgehead atoms. The van der Waals surface area contributed by atoms with Crippen LogP contribution in [-0.2, 0) is 4.74 Å². The van der Waals surface area contributed by atoms with Crippen molar-refractivity contribution in [2.45, 2.75) is 51.7 Å². The fraction of sp³-hybridized carbons (Fsp3) is 0.562. The molecule has 1 aliphatic carbocycles. The number of Topliss-reactive ketones (excluding diaryl/α,β-unsaturated/α-hetero) is 1. The van der Waals surface area contributed by atoms with Gasteiger partial charge in [0.1, 0.15) is 11.4 Å². The average Bonchev–Trinajstić information content (AvgIpc) is 3.22. The largest absolute Gasteiger partial charge is 0.490 e. The van der Waals surface area contributed by atoms with Crippen molar-refractivity contribution in [1.82, 2.24) is 0 Å². The van der Waals surface area contributed by atoms with Gasteiger partial charge in [-0.2, -0.15) is 0 Å². The van der Waals surface area contributed by atoms with Crippen molar-refractivity contribution in [3.05, 3.63) is 29.8 Å². The van der Waals surface area contributed by atoms with Crippen molar-refractivity contribution in [2.24, 2.45) is 0 Å². The monoisotopic (exact) mass is 262 g/mol. The smallest absolute Gasteiger partial charge is 0.194 e. The normalized spacial score (nSPS) is 17.8. The Morgan fingerprint density at radius 3 is 2.68 bits per heavy atom. The van der Waals surface area contributed by atoms with Gasteiger partial charge in [-0.05, 0) is 45.2 Å². The number of carbonyl (C=O) groups excluding carboxylic acids is 1. The molecule has 1 unspecified atom stereocenters. The Labute approximate surface area is 114 Å². The molecule has 0 N–H and O–H groups in total. The van der Waals surface area contributed by atoms with Crippen LogP contribution in [0.15, 0.2) is 24.3 Å². The van der Waals surface area contributed by atoms with E-state index >= 15 is 0 Å². The summed E-state index contributed by atoms with van der Waals surface area (Å²) >= 11 is 0. The molecule has 3 heteroatoms. The molecule has 0 radical (unpaired) electrons. The van der Waals surface area contributed by atoms with Crippen molar-refractivity contribution in [3.63, 3.8) is 0 Å². The van der Waals surface area contributed by atoms with Gasteiger partial charge in [0, 0.05) is 12.2 Å². The van der Waals surface area contributed by atoms with Crippen molar-refractivity contribution in [1.29, 1.82) is 0 Å². The molecular formula is C16H22O3. The van der Waals surface area contributed by atoms with Gasteiger partial charge in [-0.1, -0.05) is 19.1 Å². The molecule has 0 amide bonds. The predicted molar refractivity (Wildman–Crippen MR) is 74.7 cm³/mol. The number of rotatable bonds is 7. The lowest BCUT2D eigenvalue weighted by Crippen LogP contribution is -2.37. The third-order valence-electron chi connectivity index (χ3n) is 3.54. The number of benzene rings is 1. The summed E-state index contributed by atoms with van der Waals surface area (Å²) in [7, 11) is 0. The summed E-state index contributed by atoms with van der Waals surface area (Å²) in [5, 5.41) is 0. The van der Waals surface area contributed by atoms with E-state index in [2.05, 4.69) is 0 Å². The van der Waals surface area contributed by atoms with Crippen LogP contribution in [0.25, 0.3) is 0 Å². The van der Waals surface area contributed by atoms with Crippen LogP contribution < -0.4 is 4.74 Å². The van der Waals surface area contributed by atoms with Crippen LogP contribution in [0, 0.1) is 0 Å². The van der Waals surface area contributed by atoms with E-state index in [0.29, 0.717) is 24.7 Å². The summed E-state index contributed by atoms with van der Waals surface area (Å²) in [6.07, 6.45) is 3.23. The van der Waals surface area contributed by atoms with E-state index in [9.17, 15) is 4.79 Å². The van der Waals surface area contributed by atoms with Crippen LogP contribution in [0.5, 0.6) is 5.75 Å². The summed E-state index contributed by atoms with van der Waals surface area (Å²) in [6.45, 7) is 6.27. The van der Waals surface area contributed by atoms with Crippen LogP contribution in [0.4, 0.5) is 0 Å². The lowest BCUT2D eigenvalue weighted by atomic mass is 9.92. The second-order valence-corrected chi connectivity index (χ2v) is 5.19. The van der Waals surface area contributed by atoms with E-state index < -0.39 is 5.60 Å². The van der Waals surface area contributed by atoms with Gasteiger partial charge in [0.25, 0.3) is 0 Å². The highest BCUT2D eigenvalue weighted by molar-refractivity contribution is 6.02. The highest BCUT2D eigenvalue weighted by Crippen LogP contribution is 2.28. The van der Waals surface area contributed by atoms with E-state index in [4.69, 9.17) is 9.47 Å². The maximum absolute atomic E-state index is 12.6. The predicted octanol–water partition coefficient (Wildman–Crippen LogP) is 3.62. The first-order valence-electron chi connectivity index (χ1n) is 7.04. The van der Waals surface area contributed by atoms with Gasteiger partial charge in [0.05, 0.1) is 6.10 Å². The molecule has 0 aliphatic heterocycles. The number of ketones is 1. The molecule has 1 aromatic rings. The number of carbonyl (C=O) groups is 1. The minimum atomic E-state index is -0.743. The highest BCUT2D eigenvalue weighted by Gasteiger charge is 2.33. The summed E-state index contributed by atoms with van der Waals surface area (Å²) < 4.78 is 11.4. The highest BCUT2D eigenvalue weighted by atomic mass is 16.5. The lowest BCUT2D eigenvalue weighted by molar-refractivity contribution is -0.0116. The molecule has 0 heterocycles. The van der Waals surface area contributed by atoms with Crippen molar-refractivity contribution in [2.75, 3.05) is 6.61 Å². The van der Waals surface area contributed by atoms with Gasteiger partial charge in [-0.25, -0.2) is 0 Å². The molecule has 1 saturated carbocycles. The Morgan fingerprint density at radius 1 is 1.37 bits per heavy atom. The van der Waals surface area contributed by atoms with Crippen LogP contribution in [0.1, 0.15) is 50.4 Å². The van der Waals surface area contributed by atoms with Gasteiger partial charge in [0.15, 0.2) is 5.78 Å². The van der Waals surface area contributed by atoms with Crippen molar-refractivity contribution < 1.29 is 14.3 Å². The van der Waals surface area contributed by atoms with Gasteiger partial charge in [-0.15, -0.1) is 0 Å². The molecule has 104 valence electrons. The molecular weight excluding hydrogens is 240 g/mol. The molecule has 2 rings (SSSR count). The average molecular weight is 262 g/mol. The molecule has 1 atom stereocenters. The van der Waals surface area contributed by atoms with Crippen LogP contribution in [0.3, 0.4) is 0 Å². The lowest BCUT2D eigenvalue weighted by Gasteiger charge is -2.26. The number of hydrogen-bond acceptors (Lipinski definition) is 3. The standard InChI is InChI=1S/C16H22O3/c1-4-16(3,18-5-2)15(17)12-7-6-8-14(11-12)19-13-9-10-13/h6-8,11,13H,4-5,9-10H2,1-3H3. The fourth-order valence-corrected chi connectivity index (χ4v) is 2.04. The third kappa shape index (κ3) is 3.35. The Morgan fingerprint density at radius 2 is 2.11 bits per heavy atom. The first-order valence-corrected chi connectivity index (χ1v) is 7.04. The van der Waals surface area contributed by atoms with Crippen molar-refractivity contribution in [3.8, 4) is 5.75 Å². The van der Waals surface area contributed by atoms with Crippen LogP contribution >= 0.6 is 0 Å². The second-order valence-electron chi connectivity index (χ2n) is 5.19. The van der Waals surface area contributed by atoms with Crippen LogP contribution in [0.2, 0.25) is 0 Å². The van der Waals surface area contributed by atoms with Gasteiger partial charge in [-0.3, -0.25) is 4.79 Å². The molecule has 0 saturated heterocycles. The first kappa shape index (κ1) is 14.1. The zero-order chi connectivity index (χ0) is 13.9. The van der Waals surface area contributed by atoms with E-state index in [1.807, 2.05) is 45.0 Å². The van der Waals surface area contributed by atoms with Crippen molar-refractivity contribution >= 4 is 5.78 Å². The topological polar surface area (TPSA) is 35.5 Å². The Bertz CT molecular complexity index is 451. The minimum absolute atomic E-state index is 0.0260. The maximum atomic E-state index is 12.6. The zero-order valence-corrected chi connectivity index (χ0v) is 11.9. The van der Waals surface area contributed by atoms with Gasteiger partial charge in [0.2, 0.25) is 0 Å². The van der Waals surface area contributed by atoms with Crippen LogP contribution in [-0.4, -0.2) is 24.1 Å². The summed E-state index contributed by atoms with van der Waals surface area (Å²) in [4.78, 5) is 12.6. The number of ether oxygens (including phenoxy) is 2. The molecule has 0 aromatic heterocycles. The summed E-state index contributed by atoms with van der Waals surface area (Å²) in [5.74, 6) is 0.807. The molecule has 3 nitrogen and oxygen atoms in total. The molecule has 0 spiro atoms. The fourth-order valence-electron chi connectivity index (χ4n) is 2.04. The van der Waals surface area contributed by atoms with E-state index in [-0.39, 0.29) is 5.78 Å². The van der Waals surface area contributed by atoms with Gasteiger partial charge < -0.3 is 9.47 Å². The van der Waals surface area contributed by atoms with E-state index in [0.717, 1.165) is 18.6 Å². The Hall–Kier alpha value is -1.35.